The molecule has 0 spiro atoms. The molecule has 0 aromatic heterocycles. The molecule has 1 saturated heterocycles. The summed E-state index contributed by atoms with van der Waals surface area (Å²) in [6.45, 7) is 13.6. The SMILES string of the molecule is CCNC(=NCCc1ccc(S(N)(=O)=O)cc1)N1CC(C)(C)C1(C)C.I. The summed E-state index contributed by atoms with van der Waals surface area (Å²) in [5, 5.41) is 8.49. The predicted octanol–water partition coefficient (Wildman–Crippen LogP) is 2.58. The van der Waals surface area contributed by atoms with E-state index in [0.717, 1.165) is 31.0 Å². The topological polar surface area (TPSA) is 87.8 Å². The number of nitrogens with one attached hydrogen (secondary N) is 1. The van der Waals surface area contributed by atoms with Crippen molar-refractivity contribution in [2.24, 2.45) is 15.5 Å². The number of hydrogen-bond donors (Lipinski definition) is 2. The predicted molar refractivity (Wildman–Crippen MR) is 117 cm³/mol. The summed E-state index contributed by atoms with van der Waals surface area (Å²) >= 11 is 0. The van der Waals surface area contributed by atoms with Gasteiger partial charge in [-0.2, -0.15) is 0 Å². The van der Waals surface area contributed by atoms with Gasteiger partial charge in [-0.15, -0.1) is 24.0 Å². The van der Waals surface area contributed by atoms with E-state index in [1.165, 1.54) is 0 Å². The first-order valence-corrected chi connectivity index (χ1v) is 10.2. The quantitative estimate of drug-likeness (QED) is 0.374. The second-order valence-corrected chi connectivity index (χ2v) is 9.27. The molecule has 0 unspecified atom stereocenters. The Morgan fingerprint density at radius 2 is 1.81 bits per heavy atom. The van der Waals surface area contributed by atoms with Gasteiger partial charge in [-0.1, -0.05) is 26.0 Å². The van der Waals surface area contributed by atoms with Crippen LogP contribution in [0.1, 0.15) is 40.2 Å². The van der Waals surface area contributed by atoms with Gasteiger partial charge in [0, 0.05) is 30.6 Å². The second kappa shape index (κ2) is 8.43. The van der Waals surface area contributed by atoms with Crippen LogP contribution in [0.25, 0.3) is 0 Å². The molecule has 6 nitrogen and oxygen atoms in total. The van der Waals surface area contributed by atoms with Gasteiger partial charge < -0.3 is 10.2 Å². The van der Waals surface area contributed by atoms with Crippen molar-refractivity contribution in [2.75, 3.05) is 19.6 Å². The fourth-order valence-corrected chi connectivity index (χ4v) is 3.45. The number of aliphatic imine (C=N–C) groups is 1. The molecule has 1 aliphatic heterocycles. The van der Waals surface area contributed by atoms with Crippen LogP contribution in [0.3, 0.4) is 0 Å². The number of benzene rings is 1. The van der Waals surface area contributed by atoms with Crippen molar-refractivity contribution in [3.05, 3.63) is 29.8 Å². The van der Waals surface area contributed by atoms with Gasteiger partial charge in [0.1, 0.15) is 0 Å². The molecule has 8 heteroatoms. The maximum Gasteiger partial charge on any atom is 0.238 e. The number of nitrogens with zero attached hydrogens (tertiary/aromatic N) is 2. The fraction of sp³-hybridized carbons (Fsp3) is 0.611. The molecular weight excluding hydrogens is 463 g/mol. The Morgan fingerprint density at radius 3 is 2.23 bits per heavy atom. The van der Waals surface area contributed by atoms with Crippen LogP contribution < -0.4 is 10.5 Å². The van der Waals surface area contributed by atoms with Crippen molar-refractivity contribution in [3.63, 3.8) is 0 Å². The van der Waals surface area contributed by atoms with Crippen LogP contribution >= 0.6 is 24.0 Å². The van der Waals surface area contributed by atoms with E-state index in [4.69, 9.17) is 10.1 Å². The Hall–Kier alpha value is -0.870. The first kappa shape index (κ1) is 23.2. The first-order valence-electron chi connectivity index (χ1n) is 8.67. The molecule has 0 aliphatic carbocycles. The molecule has 1 aromatic carbocycles. The van der Waals surface area contributed by atoms with E-state index in [9.17, 15) is 8.42 Å². The smallest absolute Gasteiger partial charge is 0.238 e. The molecule has 2 rings (SSSR count). The molecule has 0 amide bonds. The van der Waals surface area contributed by atoms with Gasteiger partial charge in [-0.05, 0) is 44.9 Å². The number of nitrogens with two attached hydrogens (primary N) is 1. The third-order valence-corrected chi connectivity index (χ3v) is 6.32. The summed E-state index contributed by atoms with van der Waals surface area (Å²) < 4.78 is 22.6. The van der Waals surface area contributed by atoms with Crippen LogP contribution in [0.4, 0.5) is 0 Å². The lowest BCUT2D eigenvalue weighted by Crippen LogP contribution is -2.72. The van der Waals surface area contributed by atoms with E-state index in [1.54, 1.807) is 24.3 Å². The fourth-order valence-electron chi connectivity index (χ4n) is 2.93. The largest absolute Gasteiger partial charge is 0.356 e. The Kier molecular flexibility index (Phi) is 7.51. The highest BCUT2D eigenvalue weighted by Crippen LogP contribution is 2.46. The van der Waals surface area contributed by atoms with Gasteiger partial charge in [0.15, 0.2) is 5.96 Å². The Balaban J connectivity index is 0.00000338. The number of sulfonamides is 1. The van der Waals surface area contributed by atoms with Gasteiger partial charge >= 0.3 is 0 Å². The Bertz CT molecular complexity index is 743. The van der Waals surface area contributed by atoms with Crippen molar-refractivity contribution in [3.8, 4) is 0 Å². The van der Waals surface area contributed by atoms with Gasteiger partial charge in [0.05, 0.1) is 4.90 Å². The highest BCUT2D eigenvalue weighted by molar-refractivity contribution is 14.0. The lowest BCUT2D eigenvalue weighted by Gasteiger charge is -2.62. The number of primary sulfonamides is 1. The number of rotatable bonds is 5. The lowest BCUT2D eigenvalue weighted by molar-refractivity contribution is -0.0667. The van der Waals surface area contributed by atoms with Crippen LogP contribution in [-0.2, 0) is 16.4 Å². The van der Waals surface area contributed by atoms with Crippen molar-refractivity contribution in [1.82, 2.24) is 10.2 Å². The summed E-state index contributed by atoms with van der Waals surface area (Å²) in [6, 6.07) is 6.67. The minimum absolute atomic E-state index is 0. The molecule has 1 fully saturated rings. The normalized spacial score (nSPS) is 18.7. The van der Waals surface area contributed by atoms with Gasteiger partial charge in [-0.3, -0.25) is 4.99 Å². The summed E-state index contributed by atoms with van der Waals surface area (Å²) in [4.78, 5) is 7.21. The van der Waals surface area contributed by atoms with E-state index in [2.05, 4.69) is 44.8 Å². The van der Waals surface area contributed by atoms with Gasteiger partial charge in [0.25, 0.3) is 0 Å². The van der Waals surface area contributed by atoms with Crippen LogP contribution in [0.15, 0.2) is 34.2 Å². The minimum atomic E-state index is -3.64. The Labute approximate surface area is 174 Å². The molecule has 0 bridgehead atoms. The molecule has 0 atom stereocenters. The zero-order chi connectivity index (χ0) is 18.9. The molecule has 148 valence electrons. The van der Waals surface area contributed by atoms with E-state index < -0.39 is 10.0 Å². The molecule has 1 heterocycles. The maximum atomic E-state index is 11.3. The number of halogens is 1. The molecule has 1 aliphatic rings. The highest BCUT2D eigenvalue weighted by Gasteiger charge is 2.53. The van der Waals surface area contributed by atoms with Crippen molar-refractivity contribution >= 4 is 40.0 Å². The molecular formula is C18H31IN4O2S. The van der Waals surface area contributed by atoms with E-state index in [1.807, 2.05) is 0 Å². The van der Waals surface area contributed by atoms with Crippen LogP contribution in [0.2, 0.25) is 0 Å². The molecule has 0 saturated carbocycles. The monoisotopic (exact) mass is 494 g/mol. The lowest BCUT2D eigenvalue weighted by atomic mass is 9.65. The van der Waals surface area contributed by atoms with Gasteiger partial charge in [-0.25, -0.2) is 13.6 Å². The molecule has 26 heavy (non-hydrogen) atoms. The standard InChI is InChI=1S/C18H30N4O2S.HI/c1-6-20-16(22-13-17(2,3)18(22,4)5)21-12-11-14-7-9-15(10-8-14)25(19,23)24;/h7-10H,6,11-13H2,1-5H3,(H,20,21)(H2,19,23,24);1H. The third-order valence-electron chi connectivity index (χ3n) is 5.39. The molecule has 3 N–H and O–H groups in total. The van der Waals surface area contributed by atoms with Crippen molar-refractivity contribution in [1.29, 1.82) is 0 Å². The average molecular weight is 494 g/mol. The van der Waals surface area contributed by atoms with Crippen LogP contribution in [-0.4, -0.2) is 44.5 Å². The summed E-state index contributed by atoms with van der Waals surface area (Å²) in [5.74, 6) is 0.938. The summed E-state index contributed by atoms with van der Waals surface area (Å²) in [6.07, 6.45) is 0.747. The Morgan fingerprint density at radius 1 is 1.23 bits per heavy atom. The van der Waals surface area contributed by atoms with E-state index in [-0.39, 0.29) is 39.8 Å². The average Bonchev–Trinajstić information content (AvgIpc) is 2.51. The third kappa shape index (κ3) is 4.89. The summed E-state index contributed by atoms with van der Waals surface area (Å²) in [7, 11) is -3.64. The van der Waals surface area contributed by atoms with E-state index >= 15 is 0 Å². The number of guanidine groups is 1. The maximum absolute atomic E-state index is 11.3. The van der Waals surface area contributed by atoms with Crippen molar-refractivity contribution < 1.29 is 8.42 Å². The minimum Gasteiger partial charge on any atom is -0.356 e. The number of likely N-dealkylation sites (tertiary alicyclic amines) is 1. The summed E-state index contributed by atoms with van der Waals surface area (Å²) in [5.41, 5.74) is 1.35. The zero-order valence-corrected chi connectivity index (χ0v) is 19.4. The number of hydrogen-bond acceptors (Lipinski definition) is 3. The van der Waals surface area contributed by atoms with Crippen LogP contribution in [0, 0.1) is 5.41 Å². The zero-order valence-electron chi connectivity index (χ0n) is 16.2. The van der Waals surface area contributed by atoms with Crippen molar-refractivity contribution in [2.45, 2.75) is 51.5 Å². The molecule has 1 aromatic rings. The highest BCUT2D eigenvalue weighted by atomic mass is 127. The second-order valence-electron chi connectivity index (χ2n) is 7.70. The van der Waals surface area contributed by atoms with Crippen LogP contribution in [0.5, 0.6) is 0 Å². The van der Waals surface area contributed by atoms with Gasteiger partial charge in [0.2, 0.25) is 10.0 Å². The first-order chi connectivity index (χ1) is 11.5. The molecule has 0 radical (unpaired) electrons. The van der Waals surface area contributed by atoms with E-state index in [0.29, 0.717) is 6.54 Å².